The van der Waals surface area contributed by atoms with Crippen molar-refractivity contribution in [3.8, 4) is 0 Å². The number of nitrogens with one attached hydrogen (secondary N) is 1. The maximum atomic E-state index is 12.6. The molecule has 1 aliphatic heterocycles. The van der Waals surface area contributed by atoms with E-state index in [9.17, 15) is 4.79 Å². The maximum absolute atomic E-state index is 12.6. The molecular weight excluding hydrogens is 395 g/mol. The fraction of sp³-hybridized carbons (Fsp3) is 0.227. The number of rotatable bonds is 5. The SMILES string of the molecule is O=C(NC[C@@H](c1ccco1)N1CCc2ccccc2C1)c1ccc(Cl)cc1Cl. The van der Waals surface area contributed by atoms with Crippen molar-refractivity contribution in [3.63, 3.8) is 0 Å². The molecule has 6 heteroatoms. The largest absolute Gasteiger partial charge is 0.468 e. The van der Waals surface area contributed by atoms with Gasteiger partial charge in [0, 0.05) is 24.7 Å². The number of nitrogens with zero attached hydrogens (tertiary/aromatic N) is 1. The fourth-order valence-corrected chi connectivity index (χ4v) is 4.13. The Kier molecular flexibility index (Phi) is 5.72. The van der Waals surface area contributed by atoms with Gasteiger partial charge in [-0.2, -0.15) is 0 Å². The van der Waals surface area contributed by atoms with Crippen LogP contribution in [0.3, 0.4) is 0 Å². The summed E-state index contributed by atoms with van der Waals surface area (Å²) in [5.74, 6) is 0.609. The molecule has 1 atom stereocenters. The zero-order chi connectivity index (χ0) is 19.5. The second-order valence-electron chi connectivity index (χ2n) is 6.85. The number of fused-ring (bicyclic) bond motifs is 1. The van der Waals surface area contributed by atoms with Gasteiger partial charge in [-0.3, -0.25) is 9.69 Å². The van der Waals surface area contributed by atoms with E-state index in [2.05, 4.69) is 34.5 Å². The minimum Gasteiger partial charge on any atom is -0.468 e. The Hall–Kier alpha value is -2.27. The monoisotopic (exact) mass is 414 g/mol. The minimum absolute atomic E-state index is 0.0571. The van der Waals surface area contributed by atoms with E-state index in [1.165, 1.54) is 11.1 Å². The molecule has 4 rings (SSSR count). The number of hydrogen-bond donors (Lipinski definition) is 1. The molecule has 0 fully saturated rings. The standard InChI is InChI=1S/C22H20Cl2N2O2/c23-17-7-8-18(19(24)12-17)22(27)25-13-20(21-6-3-11-28-21)26-10-9-15-4-1-2-5-16(15)14-26/h1-8,11-12,20H,9-10,13-14H2,(H,25,27)/t20-/m0/s1. The third-order valence-electron chi connectivity index (χ3n) is 5.10. The first-order valence-electron chi connectivity index (χ1n) is 9.19. The van der Waals surface area contributed by atoms with Crippen molar-refractivity contribution < 1.29 is 9.21 Å². The third-order valence-corrected chi connectivity index (χ3v) is 5.65. The van der Waals surface area contributed by atoms with Crippen molar-refractivity contribution in [1.82, 2.24) is 10.2 Å². The number of benzene rings is 2. The van der Waals surface area contributed by atoms with Crippen LogP contribution < -0.4 is 5.32 Å². The lowest BCUT2D eigenvalue weighted by Crippen LogP contribution is -2.40. The van der Waals surface area contributed by atoms with Crippen LogP contribution in [0.1, 0.15) is 33.3 Å². The molecule has 1 N–H and O–H groups in total. The molecule has 28 heavy (non-hydrogen) atoms. The van der Waals surface area contributed by atoms with Gasteiger partial charge in [0.05, 0.1) is 22.9 Å². The van der Waals surface area contributed by atoms with Crippen LogP contribution in [0, 0.1) is 0 Å². The summed E-state index contributed by atoms with van der Waals surface area (Å²) in [6, 6.07) is 17.1. The Bertz CT molecular complexity index is 972. The van der Waals surface area contributed by atoms with Crippen molar-refractivity contribution in [2.75, 3.05) is 13.1 Å². The van der Waals surface area contributed by atoms with Gasteiger partial charge in [0.25, 0.3) is 5.91 Å². The highest BCUT2D eigenvalue weighted by Crippen LogP contribution is 2.28. The summed E-state index contributed by atoms with van der Waals surface area (Å²) < 4.78 is 5.68. The van der Waals surface area contributed by atoms with Crippen LogP contribution in [0.25, 0.3) is 0 Å². The normalized spacial score (nSPS) is 15.1. The number of hydrogen-bond acceptors (Lipinski definition) is 3. The lowest BCUT2D eigenvalue weighted by Gasteiger charge is -2.34. The van der Waals surface area contributed by atoms with E-state index in [4.69, 9.17) is 27.6 Å². The Morgan fingerprint density at radius 2 is 1.93 bits per heavy atom. The molecule has 0 spiro atoms. The van der Waals surface area contributed by atoms with Gasteiger partial charge in [0.2, 0.25) is 0 Å². The molecular formula is C22H20Cl2N2O2. The van der Waals surface area contributed by atoms with E-state index in [1.54, 1.807) is 24.5 Å². The maximum Gasteiger partial charge on any atom is 0.252 e. The van der Waals surface area contributed by atoms with Crippen LogP contribution in [0.2, 0.25) is 10.0 Å². The molecule has 0 saturated carbocycles. The average Bonchev–Trinajstić information content (AvgIpc) is 3.22. The first-order chi connectivity index (χ1) is 13.6. The van der Waals surface area contributed by atoms with Gasteiger partial charge < -0.3 is 9.73 Å². The number of amides is 1. The Labute approximate surface area is 174 Å². The van der Waals surface area contributed by atoms with Crippen LogP contribution >= 0.6 is 23.2 Å². The quantitative estimate of drug-likeness (QED) is 0.630. The molecule has 3 aromatic rings. The van der Waals surface area contributed by atoms with E-state index in [-0.39, 0.29) is 11.9 Å². The highest BCUT2D eigenvalue weighted by molar-refractivity contribution is 6.36. The fourth-order valence-electron chi connectivity index (χ4n) is 3.63. The highest BCUT2D eigenvalue weighted by Gasteiger charge is 2.27. The molecule has 1 amide bonds. The van der Waals surface area contributed by atoms with Crippen molar-refractivity contribution in [2.24, 2.45) is 0 Å². The molecule has 0 bridgehead atoms. The molecule has 144 valence electrons. The minimum atomic E-state index is -0.226. The van der Waals surface area contributed by atoms with Crippen LogP contribution in [0.5, 0.6) is 0 Å². The lowest BCUT2D eigenvalue weighted by molar-refractivity contribution is 0.0919. The van der Waals surface area contributed by atoms with Gasteiger partial charge in [0.1, 0.15) is 5.76 Å². The Morgan fingerprint density at radius 1 is 1.11 bits per heavy atom. The summed E-state index contributed by atoms with van der Waals surface area (Å²) in [5, 5.41) is 3.84. The molecule has 2 heterocycles. The van der Waals surface area contributed by atoms with Crippen LogP contribution in [-0.4, -0.2) is 23.9 Å². The molecule has 1 aromatic heterocycles. The zero-order valence-corrected chi connectivity index (χ0v) is 16.7. The molecule has 0 aliphatic carbocycles. The molecule has 0 unspecified atom stereocenters. The van der Waals surface area contributed by atoms with Gasteiger partial charge in [-0.25, -0.2) is 0 Å². The summed E-state index contributed by atoms with van der Waals surface area (Å²) in [6.07, 6.45) is 2.64. The smallest absolute Gasteiger partial charge is 0.252 e. The number of carbonyl (C=O) groups is 1. The summed E-state index contributed by atoms with van der Waals surface area (Å²) in [5.41, 5.74) is 3.11. The lowest BCUT2D eigenvalue weighted by atomic mass is 9.98. The van der Waals surface area contributed by atoms with Gasteiger partial charge in [-0.05, 0) is 47.9 Å². The van der Waals surface area contributed by atoms with Gasteiger partial charge in [-0.1, -0.05) is 47.5 Å². The summed E-state index contributed by atoms with van der Waals surface area (Å²) in [7, 11) is 0. The summed E-state index contributed by atoms with van der Waals surface area (Å²) in [6.45, 7) is 2.15. The zero-order valence-electron chi connectivity index (χ0n) is 15.2. The topological polar surface area (TPSA) is 45.5 Å². The second kappa shape index (κ2) is 8.39. The van der Waals surface area contributed by atoms with Crippen molar-refractivity contribution in [3.05, 3.63) is 93.4 Å². The molecule has 1 aliphatic rings. The van der Waals surface area contributed by atoms with Crippen molar-refractivity contribution >= 4 is 29.1 Å². The number of carbonyl (C=O) groups excluding carboxylic acids is 1. The van der Waals surface area contributed by atoms with Gasteiger partial charge in [0.15, 0.2) is 0 Å². The van der Waals surface area contributed by atoms with E-state index in [0.717, 1.165) is 25.3 Å². The van der Waals surface area contributed by atoms with E-state index in [1.807, 2.05) is 12.1 Å². The van der Waals surface area contributed by atoms with Gasteiger partial charge >= 0.3 is 0 Å². The van der Waals surface area contributed by atoms with Crippen molar-refractivity contribution in [1.29, 1.82) is 0 Å². The first kappa shape index (κ1) is 19.1. The molecule has 4 nitrogen and oxygen atoms in total. The Balaban J connectivity index is 1.51. The van der Waals surface area contributed by atoms with Gasteiger partial charge in [-0.15, -0.1) is 0 Å². The van der Waals surface area contributed by atoms with Crippen LogP contribution in [0.4, 0.5) is 0 Å². The predicted molar refractivity (Wildman–Crippen MR) is 111 cm³/mol. The molecule has 2 aromatic carbocycles. The first-order valence-corrected chi connectivity index (χ1v) is 9.95. The summed E-state index contributed by atoms with van der Waals surface area (Å²) in [4.78, 5) is 15.0. The highest BCUT2D eigenvalue weighted by atomic mass is 35.5. The number of furan rings is 1. The summed E-state index contributed by atoms with van der Waals surface area (Å²) >= 11 is 12.1. The molecule has 0 saturated heterocycles. The van der Waals surface area contributed by atoms with Crippen LogP contribution in [-0.2, 0) is 13.0 Å². The third kappa shape index (κ3) is 4.09. The van der Waals surface area contributed by atoms with E-state index >= 15 is 0 Å². The van der Waals surface area contributed by atoms with E-state index < -0.39 is 0 Å². The van der Waals surface area contributed by atoms with Crippen LogP contribution in [0.15, 0.2) is 65.3 Å². The second-order valence-corrected chi connectivity index (χ2v) is 7.70. The average molecular weight is 415 g/mol. The van der Waals surface area contributed by atoms with E-state index in [0.29, 0.717) is 22.2 Å². The molecule has 0 radical (unpaired) electrons. The number of halogens is 2. The van der Waals surface area contributed by atoms with Crippen molar-refractivity contribution in [2.45, 2.75) is 19.0 Å². The predicted octanol–water partition coefficient (Wildman–Crippen LogP) is 5.12. The Morgan fingerprint density at radius 3 is 2.68 bits per heavy atom.